The summed E-state index contributed by atoms with van der Waals surface area (Å²) < 4.78 is 0. The van der Waals surface area contributed by atoms with Gasteiger partial charge in [-0.05, 0) is 87.2 Å². The van der Waals surface area contributed by atoms with Crippen LogP contribution in [0.15, 0.2) is 29.8 Å². The van der Waals surface area contributed by atoms with E-state index in [2.05, 4.69) is 51.1 Å². The molecule has 0 saturated heterocycles. The van der Waals surface area contributed by atoms with E-state index in [1.54, 1.807) is 5.56 Å². The molecular formula is C23H34. The van der Waals surface area contributed by atoms with Crippen LogP contribution in [0.1, 0.15) is 89.2 Å². The van der Waals surface area contributed by atoms with E-state index in [4.69, 9.17) is 0 Å². The summed E-state index contributed by atoms with van der Waals surface area (Å²) in [5, 5.41) is 0. The van der Waals surface area contributed by atoms with Gasteiger partial charge in [-0.25, -0.2) is 0 Å². The van der Waals surface area contributed by atoms with Crippen molar-refractivity contribution in [3.8, 4) is 0 Å². The Balaban J connectivity index is 1.53. The molecule has 2 saturated carbocycles. The molecule has 0 bridgehead atoms. The van der Waals surface area contributed by atoms with Crippen LogP contribution in [0, 0.1) is 17.8 Å². The van der Waals surface area contributed by atoms with E-state index < -0.39 is 0 Å². The number of hydrogen-bond acceptors (Lipinski definition) is 0. The molecule has 126 valence electrons. The average molecular weight is 311 g/mol. The van der Waals surface area contributed by atoms with Gasteiger partial charge < -0.3 is 0 Å². The summed E-state index contributed by atoms with van der Waals surface area (Å²) in [6.07, 6.45) is 14.0. The SMILES string of the molecule is CC(C)=Cc1ccc(C2CCC(C3CCC(C)CC3)CC2)cc1. The van der Waals surface area contributed by atoms with E-state index in [9.17, 15) is 0 Å². The molecule has 0 nitrogen and oxygen atoms in total. The Morgan fingerprint density at radius 3 is 1.83 bits per heavy atom. The quantitative estimate of drug-likeness (QED) is 0.553. The van der Waals surface area contributed by atoms with Gasteiger partial charge >= 0.3 is 0 Å². The lowest BCUT2D eigenvalue weighted by Gasteiger charge is -2.37. The zero-order valence-electron chi connectivity index (χ0n) is 15.4. The summed E-state index contributed by atoms with van der Waals surface area (Å²) in [7, 11) is 0. The molecule has 0 heterocycles. The topological polar surface area (TPSA) is 0 Å². The molecule has 0 radical (unpaired) electrons. The molecule has 0 spiro atoms. The van der Waals surface area contributed by atoms with Crippen molar-refractivity contribution in [1.29, 1.82) is 0 Å². The third-order valence-corrected chi connectivity index (χ3v) is 6.36. The third kappa shape index (κ3) is 4.49. The predicted molar refractivity (Wildman–Crippen MR) is 102 cm³/mol. The van der Waals surface area contributed by atoms with Gasteiger partial charge in [-0.1, -0.05) is 55.7 Å². The number of hydrogen-bond donors (Lipinski definition) is 0. The summed E-state index contributed by atoms with van der Waals surface area (Å²) in [4.78, 5) is 0. The van der Waals surface area contributed by atoms with Crippen molar-refractivity contribution in [1.82, 2.24) is 0 Å². The first kappa shape index (κ1) is 16.8. The van der Waals surface area contributed by atoms with Crippen molar-refractivity contribution in [2.75, 3.05) is 0 Å². The van der Waals surface area contributed by atoms with Crippen LogP contribution in [0.25, 0.3) is 6.08 Å². The minimum Gasteiger partial charge on any atom is -0.0758 e. The lowest BCUT2D eigenvalue weighted by atomic mass is 9.68. The van der Waals surface area contributed by atoms with E-state index in [0.717, 1.165) is 23.7 Å². The molecule has 3 rings (SSSR count). The summed E-state index contributed by atoms with van der Waals surface area (Å²) in [5.41, 5.74) is 4.30. The molecular weight excluding hydrogens is 276 g/mol. The van der Waals surface area contributed by atoms with E-state index >= 15 is 0 Å². The van der Waals surface area contributed by atoms with Gasteiger partial charge in [-0.3, -0.25) is 0 Å². The second kappa shape index (κ2) is 7.69. The maximum atomic E-state index is 2.44. The molecule has 0 amide bonds. The number of allylic oxidation sites excluding steroid dienone is 1. The Morgan fingerprint density at radius 2 is 1.30 bits per heavy atom. The van der Waals surface area contributed by atoms with Crippen LogP contribution in [0.3, 0.4) is 0 Å². The van der Waals surface area contributed by atoms with Crippen molar-refractivity contribution in [2.45, 2.75) is 78.1 Å². The van der Waals surface area contributed by atoms with Gasteiger partial charge in [0.1, 0.15) is 0 Å². The largest absolute Gasteiger partial charge is 0.0758 e. The highest BCUT2D eigenvalue weighted by Gasteiger charge is 2.30. The minimum absolute atomic E-state index is 0.814. The molecule has 0 aliphatic heterocycles. The second-order valence-electron chi connectivity index (χ2n) is 8.52. The number of benzene rings is 1. The fourth-order valence-electron chi connectivity index (χ4n) is 4.88. The Kier molecular flexibility index (Phi) is 5.62. The van der Waals surface area contributed by atoms with E-state index in [0.29, 0.717) is 0 Å². The molecule has 23 heavy (non-hydrogen) atoms. The Hall–Kier alpha value is -1.04. The molecule has 2 fully saturated rings. The molecule has 1 aromatic rings. The van der Waals surface area contributed by atoms with Crippen LogP contribution in [0.5, 0.6) is 0 Å². The summed E-state index contributed by atoms with van der Waals surface area (Å²) in [6, 6.07) is 9.36. The van der Waals surface area contributed by atoms with Crippen molar-refractivity contribution in [3.63, 3.8) is 0 Å². The summed E-state index contributed by atoms with van der Waals surface area (Å²) in [6.45, 7) is 6.77. The van der Waals surface area contributed by atoms with Crippen molar-refractivity contribution >= 4 is 6.08 Å². The molecule has 2 aliphatic carbocycles. The highest BCUT2D eigenvalue weighted by Crippen LogP contribution is 2.43. The van der Waals surface area contributed by atoms with Gasteiger partial charge in [0, 0.05) is 0 Å². The first-order chi connectivity index (χ1) is 11.1. The van der Waals surface area contributed by atoms with Crippen LogP contribution in [0.4, 0.5) is 0 Å². The standard InChI is InChI=1S/C23H34/c1-17(2)16-19-6-10-21(11-7-19)23-14-12-22(13-15-23)20-8-4-18(3)5-9-20/h6-7,10-11,16,18,20,22-23H,4-5,8-9,12-15H2,1-3H3. The van der Waals surface area contributed by atoms with Gasteiger partial charge in [0.2, 0.25) is 0 Å². The predicted octanol–water partition coefficient (Wildman–Crippen LogP) is 7.21. The van der Waals surface area contributed by atoms with Crippen molar-refractivity contribution in [2.24, 2.45) is 17.8 Å². The lowest BCUT2D eigenvalue weighted by molar-refractivity contribution is 0.165. The Bertz CT molecular complexity index is 501. The van der Waals surface area contributed by atoms with E-state index in [1.807, 2.05) is 0 Å². The van der Waals surface area contributed by atoms with Gasteiger partial charge in [0.25, 0.3) is 0 Å². The van der Waals surface area contributed by atoms with Crippen LogP contribution < -0.4 is 0 Å². The van der Waals surface area contributed by atoms with Crippen LogP contribution in [-0.2, 0) is 0 Å². The fourth-order valence-corrected chi connectivity index (χ4v) is 4.88. The zero-order chi connectivity index (χ0) is 16.2. The van der Waals surface area contributed by atoms with Crippen molar-refractivity contribution < 1.29 is 0 Å². The normalized spacial score (nSPS) is 31.6. The lowest BCUT2D eigenvalue weighted by Crippen LogP contribution is -2.24. The van der Waals surface area contributed by atoms with Crippen LogP contribution >= 0.6 is 0 Å². The minimum atomic E-state index is 0.814. The number of rotatable bonds is 3. The van der Waals surface area contributed by atoms with Gasteiger partial charge in [0.05, 0.1) is 0 Å². The molecule has 0 N–H and O–H groups in total. The fraction of sp³-hybridized carbons (Fsp3) is 0.652. The molecule has 0 atom stereocenters. The molecule has 0 aromatic heterocycles. The van der Waals surface area contributed by atoms with E-state index in [-0.39, 0.29) is 0 Å². The first-order valence-electron chi connectivity index (χ1n) is 9.86. The molecule has 1 aromatic carbocycles. The molecule has 0 heteroatoms. The summed E-state index contributed by atoms with van der Waals surface area (Å²) in [5.74, 6) is 3.88. The third-order valence-electron chi connectivity index (χ3n) is 6.36. The van der Waals surface area contributed by atoms with Crippen LogP contribution in [-0.4, -0.2) is 0 Å². The monoisotopic (exact) mass is 310 g/mol. The molecule has 2 aliphatic rings. The Labute approximate surface area is 143 Å². The van der Waals surface area contributed by atoms with Gasteiger partial charge in [-0.2, -0.15) is 0 Å². The van der Waals surface area contributed by atoms with Crippen molar-refractivity contribution in [3.05, 3.63) is 41.0 Å². The highest BCUT2D eigenvalue weighted by atomic mass is 14.4. The maximum absolute atomic E-state index is 2.44. The maximum Gasteiger partial charge on any atom is -0.0162 e. The Morgan fingerprint density at radius 1 is 0.783 bits per heavy atom. The van der Waals surface area contributed by atoms with Gasteiger partial charge in [0.15, 0.2) is 0 Å². The van der Waals surface area contributed by atoms with Gasteiger partial charge in [-0.15, -0.1) is 0 Å². The van der Waals surface area contributed by atoms with Crippen LogP contribution in [0.2, 0.25) is 0 Å². The smallest absolute Gasteiger partial charge is 0.0162 e. The highest BCUT2D eigenvalue weighted by molar-refractivity contribution is 5.52. The van der Waals surface area contributed by atoms with E-state index in [1.165, 1.54) is 62.5 Å². The average Bonchev–Trinajstić information content (AvgIpc) is 2.56. The zero-order valence-corrected chi connectivity index (χ0v) is 15.4. The summed E-state index contributed by atoms with van der Waals surface area (Å²) >= 11 is 0. The molecule has 0 unspecified atom stereocenters. The first-order valence-corrected chi connectivity index (χ1v) is 9.86. The second-order valence-corrected chi connectivity index (χ2v) is 8.52.